The molecule has 2 atom stereocenters. The van der Waals surface area contributed by atoms with E-state index >= 15 is 0 Å². The number of hydrogen-bond donors (Lipinski definition) is 0. The molecule has 164 valence electrons. The van der Waals surface area contributed by atoms with E-state index in [-0.39, 0.29) is 18.0 Å². The first kappa shape index (κ1) is 20.4. The van der Waals surface area contributed by atoms with Crippen molar-refractivity contribution in [3.63, 3.8) is 0 Å². The monoisotopic (exact) mass is 430 g/mol. The number of nitrogens with zero attached hydrogens (tertiary/aromatic N) is 6. The Balaban J connectivity index is 1.20. The minimum Gasteiger partial charge on any atom is -0.355 e. The molecule has 2 fully saturated rings. The molecule has 0 spiro atoms. The average molecular weight is 431 g/mol. The smallest absolute Gasteiger partial charge is 0.256 e. The van der Waals surface area contributed by atoms with Crippen LogP contribution >= 0.6 is 0 Å². The van der Waals surface area contributed by atoms with Gasteiger partial charge in [-0.2, -0.15) is 0 Å². The van der Waals surface area contributed by atoms with Crippen molar-refractivity contribution >= 4 is 11.7 Å². The molecule has 1 amide bonds. The Morgan fingerprint density at radius 1 is 0.969 bits per heavy atom. The molecule has 0 radical (unpaired) electrons. The van der Waals surface area contributed by atoms with E-state index in [9.17, 15) is 9.59 Å². The molecule has 4 heterocycles. The van der Waals surface area contributed by atoms with Gasteiger partial charge in [0.05, 0.1) is 24.4 Å². The maximum atomic E-state index is 12.8. The van der Waals surface area contributed by atoms with Crippen LogP contribution in [0.3, 0.4) is 0 Å². The topological polar surface area (TPSA) is 84.2 Å². The van der Waals surface area contributed by atoms with E-state index in [1.165, 1.54) is 10.9 Å². The Bertz CT molecular complexity index is 1180. The van der Waals surface area contributed by atoms with Gasteiger partial charge in [-0.25, -0.2) is 9.97 Å². The summed E-state index contributed by atoms with van der Waals surface area (Å²) in [5, 5.41) is 0. The molecule has 0 bridgehead atoms. The normalized spacial score (nSPS) is 19.9. The van der Waals surface area contributed by atoms with Crippen molar-refractivity contribution in [2.24, 2.45) is 11.8 Å². The molecule has 1 aromatic carbocycles. The Morgan fingerprint density at radius 3 is 2.34 bits per heavy atom. The van der Waals surface area contributed by atoms with Gasteiger partial charge in [0.15, 0.2) is 0 Å². The number of amides is 1. The minimum absolute atomic E-state index is 0.0230. The summed E-state index contributed by atoms with van der Waals surface area (Å²) in [7, 11) is 0. The fourth-order valence-corrected chi connectivity index (χ4v) is 4.66. The predicted octanol–water partition coefficient (Wildman–Crippen LogP) is 1.91. The standard InChI is InChI=1S/C24H26N6O2/c1-16-17(2)27-15-30(24(16)32)14-23(31)29-12-19-10-28(11-20(19)13-29)22-9-25-21(8-26-22)18-6-4-3-5-7-18/h3-9,15,19-20H,10-14H2,1-2H3. The maximum absolute atomic E-state index is 12.8. The number of fused-ring (bicyclic) bond motifs is 1. The van der Waals surface area contributed by atoms with E-state index < -0.39 is 0 Å². The van der Waals surface area contributed by atoms with Crippen LogP contribution in [-0.2, 0) is 11.3 Å². The van der Waals surface area contributed by atoms with Gasteiger partial charge in [-0.3, -0.25) is 19.1 Å². The van der Waals surface area contributed by atoms with Crippen molar-refractivity contribution in [3.05, 3.63) is 70.7 Å². The lowest BCUT2D eigenvalue weighted by Gasteiger charge is -2.22. The lowest BCUT2D eigenvalue weighted by molar-refractivity contribution is -0.131. The molecule has 2 aromatic heterocycles. The van der Waals surface area contributed by atoms with Crippen LogP contribution in [-0.4, -0.2) is 56.5 Å². The molecule has 2 unspecified atom stereocenters. The number of carbonyl (C=O) groups excluding carboxylic acids is 1. The van der Waals surface area contributed by atoms with Crippen LogP contribution in [0.1, 0.15) is 11.3 Å². The Labute approximate surface area is 186 Å². The third-order valence-electron chi connectivity index (χ3n) is 6.69. The van der Waals surface area contributed by atoms with Gasteiger partial charge in [-0.15, -0.1) is 0 Å². The molecule has 8 nitrogen and oxygen atoms in total. The fraction of sp³-hybridized carbons (Fsp3) is 0.375. The number of carbonyl (C=O) groups is 1. The quantitative estimate of drug-likeness (QED) is 0.629. The maximum Gasteiger partial charge on any atom is 0.256 e. The zero-order valence-electron chi connectivity index (χ0n) is 18.3. The number of anilines is 1. The molecular weight excluding hydrogens is 404 g/mol. The van der Waals surface area contributed by atoms with Crippen molar-refractivity contribution in [2.45, 2.75) is 20.4 Å². The first-order chi connectivity index (χ1) is 15.5. The first-order valence-electron chi connectivity index (χ1n) is 10.9. The molecule has 0 aliphatic carbocycles. The molecule has 32 heavy (non-hydrogen) atoms. The molecule has 0 N–H and O–H groups in total. The third kappa shape index (κ3) is 3.77. The van der Waals surface area contributed by atoms with Gasteiger partial charge < -0.3 is 9.80 Å². The molecule has 2 aliphatic rings. The van der Waals surface area contributed by atoms with E-state index in [1.807, 2.05) is 47.6 Å². The summed E-state index contributed by atoms with van der Waals surface area (Å²) in [4.78, 5) is 42.8. The highest BCUT2D eigenvalue weighted by Gasteiger charge is 2.42. The predicted molar refractivity (Wildman–Crippen MR) is 121 cm³/mol. The number of hydrogen-bond acceptors (Lipinski definition) is 6. The second-order valence-corrected chi connectivity index (χ2v) is 8.74. The molecule has 5 rings (SSSR count). The third-order valence-corrected chi connectivity index (χ3v) is 6.69. The molecule has 3 aromatic rings. The number of benzene rings is 1. The fourth-order valence-electron chi connectivity index (χ4n) is 4.66. The molecule has 0 saturated carbocycles. The summed E-state index contributed by atoms with van der Waals surface area (Å²) in [6, 6.07) is 10.0. The molecule has 2 aliphatic heterocycles. The van der Waals surface area contributed by atoms with E-state index in [4.69, 9.17) is 0 Å². The summed E-state index contributed by atoms with van der Waals surface area (Å²) >= 11 is 0. The van der Waals surface area contributed by atoms with Gasteiger partial charge in [-0.05, 0) is 13.8 Å². The Morgan fingerprint density at radius 2 is 1.69 bits per heavy atom. The van der Waals surface area contributed by atoms with E-state index in [0.29, 0.717) is 36.2 Å². The van der Waals surface area contributed by atoms with Crippen molar-refractivity contribution in [1.29, 1.82) is 0 Å². The number of rotatable bonds is 4. The minimum atomic E-state index is -0.144. The number of aryl methyl sites for hydroxylation is 1. The van der Waals surface area contributed by atoms with Gasteiger partial charge >= 0.3 is 0 Å². The van der Waals surface area contributed by atoms with Crippen LogP contribution in [0.25, 0.3) is 11.3 Å². The number of aromatic nitrogens is 4. The SMILES string of the molecule is Cc1ncn(CC(=O)N2CC3CN(c4cnc(-c5ccccc5)cn4)CC3C2)c(=O)c1C. The number of likely N-dealkylation sites (tertiary alicyclic amines) is 1. The highest BCUT2D eigenvalue weighted by Crippen LogP contribution is 2.33. The lowest BCUT2D eigenvalue weighted by atomic mass is 10.0. The second-order valence-electron chi connectivity index (χ2n) is 8.74. The Hall–Kier alpha value is -3.55. The highest BCUT2D eigenvalue weighted by atomic mass is 16.2. The van der Waals surface area contributed by atoms with Crippen molar-refractivity contribution in [3.8, 4) is 11.3 Å². The average Bonchev–Trinajstić information content (AvgIpc) is 3.40. The van der Waals surface area contributed by atoms with Crippen LogP contribution in [0.4, 0.5) is 5.82 Å². The van der Waals surface area contributed by atoms with Crippen LogP contribution in [0, 0.1) is 25.7 Å². The molecular formula is C24H26N6O2. The van der Waals surface area contributed by atoms with Crippen molar-refractivity contribution in [2.75, 3.05) is 31.1 Å². The van der Waals surface area contributed by atoms with Crippen LogP contribution < -0.4 is 10.5 Å². The summed E-state index contributed by atoms with van der Waals surface area (Å²) < 4.78 is 1.41. The van der Waals surface area contributed by atoms with Gasteiger partial charge in [0, 0.05) is 54.8 Å². The Kier molecular flexibility index (Phi) is 5.20. The van der Waals surface area contributed by atoms with Crippen LogP contribution in [0.15, 0.2) is 53.8 Å². The highest BCUT2D eigenvalue weighted by molar-refractivity contribution is 5.76. The van der Waals surface area contributed by atoms with E-state index in [2.05, 4.69) is 19.9 Å². The van der Waals surface area contributed by atoms with Crippen LogP contribution in [0.2, 0.25) is 0 Å². The lowest BCUT2D eigenvalue weighted by Crippen LogP contribution is -2.38. The van der Waals surface area contributed by atoms with Gasteiger partial charge in [0.2, 0.25) is 5.91 Å². The first-order valence-corrected chi connectivity index (χ1v) is 10.9. The summed E-state index contributed by atoms with van der Waals surface area (Å²) in [5.74, 6) is 1.67. The van der Waals surface area contributed by atoms with Crippen molar-refractivity contribution < 1.29 is 4.79 Å². The van der Waals surface area contributed by atoms with Gasteiger partial charge in [0.25, 0.3) is 5.56 Å². The zero-order valence-corrected chi connectivity index (χ0v) is 18.3. The molecule has 2 saturated heterocycles. The molecule has 8 heteroatoms. The van der Waals surface area contributed by atoms with Crippen molar-refractivity contribution in [1.82, 2.24) is 24.4 Å². The summed E-state index contributed by atoms with van der Waals surface area (Å²) in [5.41, 5.74) is 3.07. The second kappa shape index (κ2) is 8.18. The zero-order chi connectivity index (χ0) is 22.2. The summed E-state index contributed by atoms with van der Waals surface area (Å²) in [6.45, 7) is 6.73. The van der Waals surface area contributed by atoms with Gasteiger partial charge in [0.1, 0.15) is 12.4 Å². The van der Waals surface area contributed by atoms with E-state index in [1.54, 1.807) is 13.8 Å². The van der Waals surface area contributed by atoms with Crippen LogP contribution in [0.5, 0.6) is 0 Å². The summed E-state index contributed by atoms with van der Waals surface area (Å²) in [6.07, 6.45) is 5.13. The van der Waals surface area contributed by atoms with Gasteiger partial charge in [-0.1, -0.05) is 30.3 Å². The largest absolute Gasteiger partial charge is 0.355 e. The van der Waals surface area contributed by atoms with E-state index in [0.717, 1.165) is 30.2 Å².